The number of aromatic nitrogens is 2. The topological polar surface area (TPSA) is 75.3 Å². The van der Waals surface area contributed by atoms with Crippen molar-refractivity contribution in [3.05, 3.63) is 39.4 Å². The summed E-state index contributed by atoms with van der Waals surface area (Å²) in [5, 5.41) is 0.990. The number of hydrogen-bond donors (Lipinski definition) is 1. The first-order valence-corrected chi connectivity index (χ1v) is 8.47. The molecule has 130 valence electrons. The van der Waals surface area contributed by atoms with Crippen LogP contribution in [-0.2, 0) is 16.1 Å². The van der Waals surface area contributed by atoms with E-state index >= 15 is 0 Å². The van der Waals surface area contributed by atoms with Gasteiger partial charge in [0.05, 0.1) is 17.4 Å². The zero-order valence-corrected chi connectivity index (χ0v) is 14.7. The lowest BCUT2D eigenvalue weighted by Gasteiger charge is -2.21. The number of halogens is 1. The molecule has 2 rings (SSSR count). The number of fused-ring (bicyclic) bond motifs is 1. The highest BCUT2D eigenvalue weighted by atomic mass is 35.5. The van der Waals surface area contributed by atoms with Crippen LogP contribution in [0.25, 0.3) is 10.9 Å². The van der Waals surface area contributed by atoms with Gasteiger partial charge in [0.2, 0.25) is 5.91 Å². The molecule has 1 N–H and O–H groups in total. The molecule has 0 atom stereocenters. The maximum absolute atomic E-state index is 12.3. The van der Waals surface area contributed by atoms with Crippen LogP contribution in [-0.4, -0.2) is 40.5 Å². The van der Waals surface area contributed by atoms with Gasteiger partial charge in [-0.2, -0.15) is 0 Å². The van der Waals surface area contributed by atoms with E-state index in [0.29, 0.717) is 34.9 Å². The second-order valence-corrected chi connectivity index (χ2v) is 5.98. The van der Waals surface area contributed by atoms with Crippen LogP contribution in [0, 0.1) is 0 Å². The van der Waals surface area contributed by atoms with Crippen LogP contribution in [0.4, 0.5) is 0 Å². The summed E-state index contributed by atoms with van der Waals surface area (Å²) in [6.45, 7) is 5.38. The number of carbonyl (C=O) groups excluding carboxylic acids is 1. The molecule has 1 heterocycles. The van der Waals surface area contributed by atoms with Gasteiger partial charge in [0.25, 0.3) is 5.56 Å². The summed E-state index contributed by atoms with van der Waals surface area (Å²) in [6, 6.07) is 4.94. The third kappa shape index (κ3) is 4.79. The van der Waals surface area contributed by atoms with Gasteiger partial charge in [0, 0.05) is 18.2 Å². The molecule has 0 saturated carbocycles. The lowest BCUT2D eigenvalue weighted by Crippen LogP contribution is -2.35. The van der Waals surface area contributed by atoms with Crippen LogP contribution in [0.5, 0.6) is 0 Å². The Morgan fingerprint density at radius 2 is 2.12 bits per heavy atom. The number of rotatable bonds is 8. The number of nitrogens with zero attached hydrogens (tertiary/aromatic N) is 2. The second kappa shape index (κ2) is 8.80. The van der Waals surface area contributed by atoms with Crippen LogP contribution < -0.4 is 5.56 Å². The third-order valence-corrected chi connectivity index (χ3v) is 3.71. The van der Waals surface area contributed by atoms with E-state index in [1.807, 2.05) is 13.8 Å². The molecule has 1 aromatic carbocycles. The van der Waals surface area contributed by atoms with Crippen molar-refractivity contribution in [2.24, 2.45) is 0 Å². The summed E-state index contributed by atoms with van der Waals surface area (Å²) in [5.41, 5.74) is 0.283. The fourth-order valence-corrected chi connectivity index (χ4v) is 2.54. The van der Waals surface area contributed by atoms with Crippen LogP contribution in [0.2, 0.25) is 5.02 Å². The van der Waals surface area contributed by atoms with Gasteiger partial charge in [-0.15, -0.1) is 0 Å². The molecule has 0 aliphatic heterocycles. The lowest BCUT2D eigenvalue weighted by atomic mass is 10.2. The number of H-pyrrole nitrogens is 1. The van der Waals surface area contributed by atoms with Gasteiger partial charge in [0.15, 0.2) is 0 Å². The van der Waals surface area contributed by atoms with Crippen LogP contribution in [0.3, 0.4) is 0 Å². The number of ether oxygens (including phenoxy) is 1. The van der Waals surface area contributed by atoms with Crippen molar-refractivity contribution in [1.29, 1.82) is 0 Å². The number of amides is 1. The van der Waals surface area contributed by atoms with Gasteiger partial charge in [-0.05, 0) is 31.0 Å². The first-order chi connectivity index (χ1) is 11.5. The average molecular weight is 352 g/mol. The zero-order chi connectivity index (χ0) is 17.5. The molecule has 1 aromatic heterocycles. The van der Waals surface area contributed by atoms with Crippen molar-refractivity contribution in [2.45, 2.75) is 33.2 Å². The zero-order valence-electron chi connectivity index (χ0n) is 14.0. The molecule has 1 amide bonds. The highest BCUT2D eigenvalue weighted by Crippen LogP contribution is 2.15. The average Bonchev–Trinajstić information content (AvgIpc) is 2.54. The summed E-state index contributed by atoms with van der Waals surface area (Å²) < 4.78 is 5.32. The van der Waals surface area contributed by atoms with Gasteiger partial charge in [-0.3, -0.25) is 9.59 Å². The van der Waals surface area contributed by atoms with Gasteiger partial charge in [0.1, 0.15) is 12.4 Å². The molecule has 24 heavy (non-hydrogen) atoms. The SMILES string of the molecule is CCCOCC(=O)N(CCC)Cc1nc2cc(Cl)ccc2c(=O)[nH]1. The minimum Gasteiger partial charge on any atom is -0.372 e. The molecule has 0 aliphatic carbocycles. The summed E-state index contributed by atoms with van der Waals surface area (Å²) in [6.07, 6.45) is 1.67. The minimum absolute atomic E-state index is 0.0392. The van der Waals surface area contributed by atoms with E-state index in [2.05, 4.69) is 9.97 Å². The Bertz CT molecular complexity index is 760. The molecular weight excluding hydrogens is 330 g/mol. The predicted molar refractivity (Wildman–Crippen MR) is 94.2 cm³/mol. The predicted octanol–water partition coefficient (Wildman–Crippen LogP) is 2.74. The lowest BCUT2D eigenvalue weighted by molar-refractivity contribution is -0.136. The largest absolute Gasteiger partial charge is 0.372 e. The standard InChI is InChI=1S/C17H22ClN3O3/c1-3-7-21(16(22)11-24-8-4-2)10-15-19-14-9-12(18)5-6-13(14)17(23)20-15/h5-6,9H,3-4,7-8,10-11H2,1-2H3,(H,19,20,23). The number of hydrogen-bond acceptors (Lipinski definition) is 4. The quantitative estimate of drug-likeness (QED) is 0.742. The molecule has 0 bridgehead atoms. The van der Waals surface area contributed by atoms with Crippen molar-refractivity contribution < 1.29 is 9.53 Å². The van der Waals surface area contributed by atoms with E-state index in [9.17, 15) is 9.59 Å². The normalized spacial score (nSPS) is 11.0. The fraction of sp³-hybridized carbons (Fsp3) is 0.471. The van der Waals surface area contributed by atoms with E-state index < -0.39 is 0 Å². The van der Waals surface area contributed by atoms with E-state index in [1.165, 1.54) is 0 Å². The Kier molecular flexibility index (Phi) is 6.75. The molecule has 7 heteroatoms. The smallest absolute Gasteiger partial charge is 0.258 e. The third-order valence-electron chi connectivity index (χ3n) is 3.48. The Labute approximate surface area is 145 Å². The molecule has 0 radical (unpaired) electrons. The molecule has 0 aliphatic rings. The van der Waals surface area contributed by atoms with E-state index in [4.69, 9.17) is 16.3 Å². The Hall–Kier alpha value is -1.92. The van der Waals surface area contributed by atoms with Crippen molar-refractivity contribution in [2.75, 3.05) is 19.8 Å². The minimum atomic E-state index is -0.238. The van der Waals surface area contributed by atoms with Gasteiger partial charge < -0.3 is 14.6 Å². The molecule has 0 spiro atoms. The fourth-order valence-electron chi connectivity index (χ4n) is 2.37. The Morgan fingerprint density at radius 1 is 1.33 bits per heavy atom. The second-order valence-electron chi connectivity index (χ2n) is 5.54. The number of nitrogens with one attached hydrogen (secondary N) is 1. The highest BCUT2D eigenvalue weighted by molar-refractivity contribution is 6.31. The van der Waals surface area contributed by atoms with Crippen molar-refractivity contribution in [1.82, 2.24) is 14.9 Å². The highest BCUT2D eigenvalue weighted by Gasteiger charge is 2.15. The molecule has 2 aromatic rings. The van der Waals surface area contributed by atoms with Crippen molar-refractivity contribution in [3.63, 3.8) is 0 Å². The number of carbonyl (C=O) groups is 1. The van der Waals surface area contributed by atoms with Gasteiger partial charge in [-0.1, -0.05) is 25.4 Å². The first-order valence-electron chi connectivity index (χ1n) is 8.09. The van der Waals surface area contributed by atoms with Crippen molar-refractivity contribution in [3.8, 4) is 0 Å². The molecule has 0 fully saturated rings. The van der Waals surface area contributed by atoms with Crippen molar-refractivity contribution >= 4 is 28.4 Å². The summed E-state index contributed by atoms with van der Waals surface area (Å²) in [7, 11) is 0. The molecule has 6 nitrogen and oxygen atoms in total. The summed E-state index contributed by atoms with van der Waals surface area (Å²) in [4.78, 5) is 33.2. The Balaban J connectivity index is 2.20. The van der Waals surface area contributed by atoms with E-state index in [-0.39, 0.29) is 24.6 Å². The maximum Gasteiger partial charge on any atom is 0.258 e. The van der Waals surface area contributed by atoms with E-state index in [0.717, 1.165) is 12.8 Å². The number of aromatic amines is 1. The maximum atomic E-state index is 12.3. The van der Waals surface area contributed by atoms with Gasteiger partial charge >= 0.3 is 0 Å². The Morgan fingerprint density at radius 3 is 2.83 bits per heavy atom. The summed E-state index contributed by atoms with van der Waals surface area (Å²) in [5.74, 6) is 0.325. The van der Waals surface area contributed by atoms with Crippen LogP contribution in [0.15, 0.2) is 23.0 Å². The molecule has 0 saturated heterocycles. The van der Waals surface area contributed by atoms with E-state index in [1.54, 1.807) is 23.1 Å². The first kappa shape index (κ1) is 18.4. The van der Waals surface area contributed by atoms with Crippen LogP contribution >= 0.6 is 11.6 Å². The molecular formula is C17H22ClN3O3. The number of benzene rings is 1. The monoisotopic (exact) mass is 351 g/mol. The van der Waals surface area contributed by atoms with Crippen LogP contribution in [0.1, 0.15) is 32.5 Å². The summed E-state index contributed by atoms with van der Waals surface area (Å²) >= 11 is 5.97. The van der Waals surface area contributed by atoms with Gasteiger partial charge in [-0.25, -0.2) is 4.98 Å². The molecule has 0 unspecified atom stereocenters.